The molecule has 0 aliphatic carbocycles. The molecule has 2 unspecified atom stereocenters. The van der Waals surface area contributed by atoms with Gasteiger partial charge < -0.3 is 15.0 Å². The van der Waals surface area contributed by atoms with Gasteiger partial charge in [0, 0.05) is 55.3 Å². The molecule has 4 nitrogen and oxygen atoms in total. The molecule has 0 radical (unpaired) electrons. The van der Waals surface area contributed by atoms with Crippen LogP contribution >= 0.6 is 0 Å². The van der Waals surface area contributed by atoms with Crippen LogP contribution in [0.15, 0.2) is 52.3 Å². The molecule has 2 rings (SSSR count). The fourth-order valence-corrected chi connectivity index (χ4v) is 4.77. The van der Waals surface area contributed by atoms with Crippen molar-refractivity contribution in [3.8, 4) is 0 Å². The summed E-state index contributed by atoms with van der Waals surface area (Å²) < 4.78 is 37.5. The Morgan fingerprint density at radius 1 is 1.09 bits per heavy atom. The third kappa shape index (κ3) is 15.6. The van der Waals surface area contributed by atoms with Gasteiger partial charge in [-0.15, -0.1) is 0 Å². The van der Waals surface area contributed by atoms with Crippen molar-refractivity contribution in [3.63, 3.8) is 0 Å². The van der Waals surface area contributed by atoms with Gasteiger partial charge in [-0.05, 0) is 89.5 Å². The summed E-state index contributed by atoms with van der Waals surface area (Å²) in [5.41, 5.74) is 5.74. The minimum atomic E-state index is -1.39. The number of Topliss-reactive ketones (excluding diaryl/α,β-unsaturated/α-hetero) is 1. The first-order valence-corrected chi connectivity index (χ1v) is 16.1. The Balaban J connectivity index is 0.000000763. The average Bonchev–Trinajstić information content (AvgIpc) is 2.97. The van der Waals surface area contributed by atoms with Gasteiger partial charge in [0.1, 0.15) is 5.78 Å². The lowest BCUT2D eigenvalue weighted by atomic mass is 9.87. The van der Waals surface area contributed by atoms with Crippen LogP contribution in [0.3, 0.4) is 0 Å². The quantitative estimate of drug-likeness (QED) is 0.147. The highest BCUT2D eigenvalue weighted by Crippen LogP contribution is 2.28. The zero-order chi connectivity index (χ0) is 32.9. The number of nitrogens with zero attached hydrogens (tertiary/aromatic N) is 2. The Kier molecular flexibility index (Phi) is 21.4. The number of hydrogen-bond acceptors (Lipinski definition) is 4. The van der Waals surface area contributed by atoms with Crippen LogP contribution in [0.4, 0.5) is 13.2 Å². The second kappa shape index (κ2) is 22.8. The standard InChI is InChI=1S/C21H37N3.C9H9F3.C6H12O/c1-8-11-12-23-18(6)21(20(10-3)16(4)9-2)19(7)24-14-13-22-17(5)15-24;1-2-3-6-4-7(10)9(12)8(11)5-6;1-3-4-5-6(2)7/h10-12,16-17,22H,8-9,13-15H2,1-7H3;4-5H,2-3H2,1H3;3-5H2,1-2H3/b12-11+,20-10-,21-19-,23-18+;;. The lowest BCUT2D eigenvalue weighted by molar-refractivity contribution is -0.117. The van der Waals surface area contributed by atoms with E-state index in [-0.39, 0.29) is 0 Å². The summed E-state index contributed by atoms with van der Waals surface area (Å²) >= 11 is 0. The zero-order valence-corrected chi connectivity index (χ0v) is 28.5. The fraction of sp³-hybridized carbons (Fsp3) is 0.611. The summed E-state index contributed by atoms with van der Waals surface area (Å²) in [7, 11) is 0. The first kappa shape index (κ1) is 40.3. The molecular weight excluding hydrogens is 547 g/mol. The number of halogens is 3. The first-order chi connectivity index (χ1) is 20.4. The van der Waals surface area contributed by atoms with Gasteiger partial charge in [0.05, 0.1) is 0 Å². The minimum Gasteiger partial charge on any atom is -0.372 e. The molecule has 0 saturated carbocycles. The van der Waals surface area contributed by atoms with E-state index in [0.29, 0.717) is 29.7 Å². The Bertz CT molecular complexity index is 1070. The summed E-state index contributed by atoms with van der Waals surface area (Å²) in [4.78, 5) is 17.5. The lowest BCUT2D eigenvalue weighted by Gasteiger charge is -2.36. The molecule has 1 heterocycles. The van der Waals surface area contributed by atoms with Crippen molar-refractivity contribution < 1.29 is 18.0 Å². The van der Waals surface area contributed by atoms with E-state index in [4.69, 9.17) is 4.99 Å². The Morgan fingerprint density at radius 3 is 2.16 bits per heavy atom. The van der Waals surface area contributed by atoms with Crippen LogP contribution in [0.5, 0.6) is 0 Å². The smallest absolute Gasteiger partial charge is 0.194 e. The molecule has 2 atom stereocenters. The molecule has 0 aromatic heterocycles. The zero-order valence-electron chi connectivity index (χ0n) is 28.5. The van der Waals surface area contributed by atoms with Crippen LogP contribution in [-0.4, -0.2) is 42.1 Å². The molecule has 1 aliphatic heterocycles. The summed E-state index contributed by atoms with van der Waals surface area (Å²) in [6.45, 7) is 24.3. The molecule has 244 valence electrons. The second-order valence-corrected chi connectivity index (χ2v) is 11.3. The number of carbonyl (C=O) groups excluding carboxylic acids is 1. The number of nitrogens with one attached hydrogen (secondary N) is 1. The van der Waals surface area contributed by atoms with Crippen molar-refractivity contribution in [2.75, 3.05) is 19.6 Å². The maximum absolute atomic E-state index is 12.5. The van der Waals surface area contributed by atoms with Crippen LogP contribution in [0, 0.1) is 23.4 Å². The third-order valence-corrected chi connectivity index (χ3v) is 7.38. The van der Waals surface area contributed by atoms with Crippen molar-refractivity contribution in [1.82, 2.24) is 10.2 Å². The first-order valence-electron chi connectivity index (χ1n) is 16.1. The van der Waals surface area contributed by atoms with Crippen molar-refractivity contribution in [1.29, 1.82) is 0 Å². The van der Waals surface area contributed by atoms with Crippen molar-refractivity contribution in [3.05, 3.63) is 70.3 Å². The Morgan fingerprint density at radius 2 is 1.72 bits per heavy atom. The van der Waals surface area contributed by atoms with E-state index in [1.807, 2.05) is 13.1 Å². The molecule has 1 N–H and O–H groups in total. The van der Waals surface area contributed by atoms with Crippen molar-refractivity contribution >= 4 is 11.5 Å². The van der Waals surface area contributed by atoms with Crippen LogP contribution in [-0.2, 0) is 11.2 Å². The number of ketones is 1. The van der Waals surface area contributed by atoms with E-state index in [9.17, 15) is 18.0 Å². The largest absolute Gasteiger partial charge is 0.372 e. The molecule has 1 aromatic carbocycles. The number of aliphatic imine (C=N–C) groups is 1. The van der Waals surface area contributed by atoms with Gasteiger partial charge in [0.15, 0.2) is 17.5 Å². The number of hydrogen-bond donors (Lipinski definition) is 1. The van der Waals surface area contributed by atoms with Crippen LogP contribution in [0.1, 0.15) is 113 Å². The van der Waals surface area contributed by atoms with Crippen LogP contribution < -0.4 is 5.32 Å². The van der Waals surface area contributed by atoms with E-state index in [2.05, 4.69) is 77.8 Å². The fourth-order valence-electron chi connectivity index (χ4n) is 4.77. The Labute approximate surface area is 260 Å². The number of unbranched alkanes of at least 4 members (excludes halogenated alkanes) is 1. The molecule has 0 spiro atoms. The van der Waals surface area contributed by atoms with Crippen molar-refractivity contribution in [2.45, 2.75) is 120 Å². The van der Waals surface area contributed by atoms with Gasteiger partial charge in [-0.3, -0.25) is 4.99 Å². The lowest BCUT2D eigenvalue weighted by Crippen LogP contribution is -2.48. The topological polar surface area (TPSA) is 44.7 Å². The molecule has 1 aliphatic rings. The highest BCUT2D eigenvalue weighted by atomic mass is 19.2. The summed E-state index contributed by atoms with van der Waals surface area (Å²) in [6, 6.07) is 2.59. The Hall–Kier alpha value is -2.67. The molecule has 0 bridgehead atoms. The summed E-state index contributed by atoms with van der Waals surface area (Å²) in [5.74, 6) is -2.77. The number of piperazine rings is 1. The number of rotatable bonds is 12. The molecule has 7 heteroatoms. The molecular formula is C36H58F3N3O. The minimum absolute atomic E-state index is 0.307. The van der Waals surface area contributed by atoms with Gasteiger partial charge in [0.25, 0.3) is 0 Å². The van der Waals surface area contributed by atoms with Gasteiger partial charge >= 0.3 is 0 Å². The average molecular weight is 606 g/mol. The number of aryl methyl sites for hydroxylation is 1. The molecule has 43 heavy (non-hydrogen) atoms. The maximum atomic E-state index is 12.5. The van der Waals surface area contributed by atoms with Crippen LogP contribution in [0.25, 0.3) is 0 Å². The normalized spacial score (nSPS) is 17.0. The van der Waals surface area contributed by atoms with E-state index in [0.717, 1.165) is 76.0 Å². The van der Waals surface area contributed by atoms with Crippen molar-refractivity contribution in [2.24, 2.45) is 10.9 Å². The van der Waals surface area contributed by atoms with E-state index in [1.54, 1.807) is 6.92 Å². The van der Waals surface area contributed by atoms with E-state index in [1.165, 1.54) is 16.8 Å². The molecule has 0 amide bonds. The second-order valence-electron chi connectivity index (χ2n) is 11.3. The summed E-state index contributed by atoms with van der Waals surface area (Å²) in [5, 5.41) is 3.53. The number of carbonyl (C=O) groups is 1. The highest BCUT2D eigenvalue weighted by Gasteiger charge is 2.22. The van der Waals surface area contributed by atoms with Gasteiger partial charge in [-0.2, -0.15) is 0 Å². The maximum Gasteiger partial charge on any atom is 0.194 e. The van der Waals surface area contributed by atoms with E-state index < -0.39 is 17.5 Å². The predicted octanol–water partition coefficient (Wildman–Crippen LogP) is 9.75. The van der Waals surface area contributed by atoms with Crippen LogP contribution in [0.2, 0.25) is 0 Å². The predicted molar refractivity (Wildman–Crippen MR) is 178 cm³/mol. The number of allylic oxidation sites excluding steroid dienone is 5. The van der Waals surface area contributed by atoms with Gasteiger partial charge in [-0.25, -0.2) is 13.2 Å². The molecule has 1 aromatic rings. The SMILES string of the molecule is CCCCC(C)=O.CCCc1cc(F)c(F)c(F)c1.C\C=C(C(/C(C)=N/C=C/CC)=C(/C)N1CCNC(C)C1)\C(C)CC. The molecule has 1 saturated heterocycles. The molecule has 1 fully saturated rings. The number of benzene rings is 1. The highest BCUT2D eigenvalue weighted by molar-refractivity contribution is 6.03. The monoisotopic (exact) mass is 605 g/mol. The van der Waals surface area contributed by atoms with E-state index >= 15 is 0 Å². The van der Waals surface area contributed by atoms with Gasteiger partial charge in [-0.1, -0.05) is 59.6 Å². The summed E-state index contributed by atoms with van der Waals surface area (Å²) in [6.07, 6.45) is 12.8. The van der Waals surface area contributed by atoms with Gasteiger partial charge in [0.2, 0.25) is 0 Å². The third-order valence-electron chi connectivity index (χ3n) is 7.38.